The van der Waals surface area contributed by atoms with Gasteiger partial charge in [-0.2, -0.15) is 0 Å². The summed E-state index contributed by atoms with van der Waals surface area (Å²) in [6, 6.07) is 18.7. The van der Waals surface area contributed by atoms with Crippen molar-refractivity contribution in [1.29, 1.82) is 0 Å². The molecule has 1 aliphatic heterocycles. The second-order valence-electron chi connectivity index (χ2n) is 12.5. The van der Waals surface area contributed by atoms with E-state index < -0.39 is 22.6 Å². The van der Waals surface area contributed by atoms with Gasteiger partial charge in [0.15, 0.2) is 0 Å². The van der Waals surface area contributed by atoms with Crippen LogP contribution in [0.4, 0.5) is 33.2 Å². The van der Waals surface area contributed by atoms with Crippen molar-refractivity contribution in [3.05, 3.63) is 103 Å². The number of para-hydroxylation sites is 1. The minimum absolute atomic E-state index is 0.0844. The summed E-state index contributed by atoms with van der Waals surface area (Å²) in [4.78, 5) is 57.5. The van der Waals surface area contributed by atoms with Crippen molar-refractivity contribution in [2.24, 2.45) is 0 Å². The summed E-state index contributed by atoms with van der Waals surface area (Å²) in [7, 11) is 0. The second-order valence-corrected chi connectivity index (χ2v) is 13.4. The van der Waals surface area contributed by atoms with Crippen LogP contribution >= 0.6 is 11.3 Å². The van der Waals surface area contributed by atoms with Crippen LogP contribution in [0.5, 0.6) is 0 Å². The van der Waals surface area contributed by atoms with Crippen LogP contribution in [-0.2, 0) is 11.3 Å². The number of pyridine rings is 1. The van der Waals surface area contributed by atoms with Crippen LogP contribution in [0.25, 0.3) is 10.9 Å². The number of thiophene rings is 1. The summed E-state index contributed by atoms with van der Waals surface area (Å²) in [5, 5.41) is 15.2. The number of nitrogens with one attached hydrogen (secondary N) is 4. The predicted molar refractivity (Wildman–Crippen MR) is 187 cm³/mol. The molecular formula is C35H36N6O5S. The topological polar surface area (TPSA) is 142 Å². The van der Waals surface area contributed by atoms with Crippen molar-refractivity contribution in [3.63, 3.8) is 0 Å². The van der Waals surface area contributed by atoms with E-state index in [2.05, 4.69) is 26.3 Å². The van der Waals surface area contributed by atoms with Gasteiger partial charge in [-0.3, -0.25) is 19.4 Å². The molecule has 12 heteroatoms. The molecule has 47 heavy (non-hydrogen) atoms. The largest absolute Gasteiger partial charge is 0.444 e. The molecule has 11 nitrogen and oxygen atoms in total. The molecule has 0 bridgehead atoms. The van der Waals surface area contributed by atoms with Crippen LogP contribution in [0.15, 0.2) is 81.8 Å². The third-order valence-electron chi connectivity index (χ3n) is 7.89. The SMILES string of the molecule is CC(C)(C)OC(=O)NC1CCN(c2c(Nc3cccc(NC(=O)c4sccc4NCc4ccnc5ccccc45)c3)c(=O)c2=O)CC1. The van der Waals surface area contributed by atoms with Gasteiger partial charge < -0.3 is 30.9 Å². The molecule has 0 atom stereocenters. The van der Waals surface area contributed by atoms with Gasteiger partial charge in [0.05, 0.1) is 11.2 Å². The number of alkyl carbamates (subject to hydrolysis) is 1. The van der Waals surface area contributed by atoms with Crippen LogP contribution in [0.3, 0.4) is 0 Å². The van der Waals surface area contributed by atoms with Crippen LogP contribution < -0.4 is 37.0 Å². The van der Waals surface area contributed by atoms with E-state index >= 15 is 0 Å². The van der Waals surface area contributed by atoms with Crippen LogP contribution in [-0.4, -0.2) is 41.7 Å². The Hall–Kier alpha value is -5.23. The molecule has 0 saturated carbocycles. The third-order valence-corrected chi connectivity index (χ3v) is 8.80. The molecule has 0 radical (unpaired) electrons. The Kier molecular flexibility index (Phi) is 8.95. The number of benzene rings is 2. The molecule has 3 aromatic carbocycles. The summed E-state index contributed by atoms with van der Waals surface area (Å²) in [5.74, 6) is -0.267. The number of carbonyl (C=O) groups excluding carboxylic acids is 2. The van der Waals surface area contributed by atoms with E-state index in [4.69, 9.17) is 4.74 Å². The number of anilines is 5. The fourth-order valence-electron chi connectivity index (χ4n) is 5.65. The van der Waals surface area contributed by atoms with E-state index in [-0.39, 0.29) is 17.6 Å². The van der Waals surface area contributed by atoms with Gasteiger partial charge in [-0.05, 0) is 81.0 Å². The van der Waals surface area contributed by atoms with E-state index in [1.807, 2.05) is 67.4 Å². The Morgan fingerprint density at radius 3 is 2.53 bits per heavy atom. The van der Waals surface area contributed by atoms with Gasteiger partial charge in [0, 0.05) is 48.6 Å². The molecule has 0 spiro atoms. The number of hydrogen-bond acceptors (Lipinski definition) is 10. The van der Waals surface area contributed by atoms with Gasteiger partial charge in [0.2, 0.25) is 0 Å². The molecule has 0 aliphatic carbocycles. The Labute approximate surface area is 275 Å². The Morgan fingerprint density at radius 2 is 1.74 bits per heavy atom. The van der Waals surface area contributed by atoms with Gasteiger partial charge in [0.1, 0.15) is 21.9 Å². The Bertz CT molecular complexity index is 1990. The van der Waals surface area contributed by atoms with Gasteiger partial charge in [-0.15, -0.1) is 11.3 Å². The molecule has 2 amide bonds. The highest BCUT2D eigenvalue weighted by Crippen LogP contribution is 2.29. The molecule has 0 unspecified atom stereocenters. The number of fused-ring (bicyclic) bond motifs is 1. The molecule has 5 aromatic rings. The number of amides is 2. The average Bonchev–Trinajstić information content (AvgIpc) is 3.52. The van der Waals surface area contributed by atoms with Gasteiger partial charge >= 0.3 is 6.09 Å². The summed E-state index contributed by atoms with van der Waals surface area (Å²) in [6.45, 7) is 6.97. The lowest BCUT2D eigenvalue weighted by Gasteiger charge is -2.35. The quantitative estimate of drug-likeness (QED) is 0.141. The van der Waals surface area contributed by atoms with E-state index in [1.165, 1.54) is 11.3 Å². The first-order chi connectivity index (χ1) is 22.6. The molecule has 2 aromatic heterocycles. The highest BCUT2D eigenvalue weighted by Gasteiger charge is 2.30. The Morgan fingerprint density at radius 1 is 0.979 bits per heavy atom. The van der Waals surface area contributed by atoms with Crippen LogP contribution in [0, 0.1) is 0 Å². The van der Waals surface area contributed by atoms with E-state index in [0.29, 0.717) is 54.4 Å². The number of piperidine rings is 1. The van der Waals surface area contributed by atoms with Crippen LogP contribution in [0.1, 0.15) is 48.8 Å². The average molecular weight is 653 g/mol. The minimum Gasteiger partial charge on any atom is -0.444 e. The van der Waals surface area contributed by atoms with E-state index in [9.17, 15) is 19.2 Å². The maximum absolute atomic E-state index is 13.3. The fraction of sp³-hybridized carbons (Fsp3) is 0.286. The van der Waals surface area contributed by atoms with E-state index in [1.54, 1.807) is 30.5 Å². The predicted octanol–water partition coefficient (Wildman–Crippen LogP) is 5.99. The lowest BCUT2D eigenvalue weighted by Crippen LogP contribution is -2.50. The van der Waals surface area contributed by atoms with Crippen molar-refractivity contribution < 1.29 is 14.3 Å². The molecule has 1 saturated heterocycles. The van der Waals surface area contributed by atoms with E-state index in [0.717, 1.165) is 22.2 Å². The minimum atomic E-state index is -0.587. The van der Waals surface area contributed by atoms with Crippen molar-refractivity contribution >= 4 is 62.7 Å². The zero-order chi connectivity index (χ0) is 33.1. The standard InChI is InChI=1S/C35H36N6O5S/c1-35(2,3)46-34(45)40-22-12-16-41(17-13-22)29-28(30(42)31(29)43)38-23-7-6-8-24(19-23)39-33(44)32-27(14-18-47-32)37-20-21-11-15-36-26-10-5-4-9-25(21)26/h4-11,14-15,18-19,22,37-38H,12-13,16-17,20H2,1-3H3,(H,39,44)(H,40,45). The van der Waals surface area contributed by atoms with Gasteiger partial charge in [-0.1, -0.05) is 24.3 Å². The zero-order valence-electron chi connectivity index (χ0n) is 26.4. The molecule has 1 fully saturated rings. The monoisotopic (exact) mass is 652 g/mol. The normalized spacial score (nSPS) is 13.8. The maximum Gasteiger partial charge on any atom is 0.407 e. The summed E-state index contributed by atoms with van der Waals surface area (Å²) in [6.07, 6.45) is 2.53. The summed E-state index contributed by atoms with van der Waals surface area (Å²) in [5.41, 5.74) is 2.68. The first kappa shape index (κ1) is 31.7. The lowest BCUT2D eigenvalue weighted by molar-refractivity contribution is 0.0497. The molecule has 3 heterocycles. The smallest absolute Gasteiger partial charge is 0.407 e. The van der Waals surface area contributed by atoms with Crippen molar-refractivity contribution in [3.8, 4) is 0 Å². The highest BCUT2D eigenvalue weighted by atomic mass is 32.1. The van der Waals surface area contributed by atoms with Crippen molar-refractivity contribution in [2.45, 2.75) is 51.8 Å². The molecule has 4 N–H and O–H groups in total. The summed E-state index contributed by atoms with van der Waals surface area (Å²) >= 11 is 1.34. The summed E-state index contributed by atoms with van der Waals surface area (Å²) < 4.78 is 5.35. The second kappa shape index (κ2) is 13.2. The Balaban J connectivity index is 1.07. The van der Waals surface area contributed by atoms with Crippen molar-refractivity contribution in [2.75, 3.05) is 33.9 Å². The number of aromatic nitrogens is 1. The molecular weight excluding hydrogens is 616 g/mol. The van der Waals surface area contributed by atoms with Crippen LogP contribution in [0.2, 0.25) is 0 Å². The zero-order valence-corrected chi connectivity index (χ0v) is 27.2. The molecule has 1 aliphatic rings. The maximum atomic E-state index is 13.3. The number of carbonyl (C=O) groups is 2. The third kappa shape index (κ3) is 7.28. The van der Waals surface area contributed by atoms with Crippen molar-refractivity contribution in [1.82, 2.24) is 10.3 Å². The first-order valence-electron chi connectivity index (χ1n) is 15.5. The highest BCUT2D eigenvalue weighted by molar-refractivity contribution is 7.12. The molecule has 242 valence electrons. The number of ether oxygens (including phenoxy) is 1. The number of hydrogen-bond donors (Lipinski definition) is 4. The first-order valence-corrected chi connectivity index (χ1v) is 16.3. The lowest BCUT2D eigenvalue weighted by atomic mass is 10.0. The van der Waals surface area contributed by atoms with Gasteiger partial charge in [0.25, 0.3) is 16.8 Å². The molecule has 6 rings (SSSR count). The fourth-order valence-corrected chi connectivity index (χ4v) is 6.42. The number of nitrogens with zero attached hydrogens (tertiary/aromatic N) is 2. The number of rotatable bonds is 9. The van der Waals surface area contributed by atoms with Gasteiger partial charge in [-0.25, -0.2) is 4.79 Å².